The lowest BCUT2D eigenvalue weighted by Gasteiger charge is -2.18. The van der Waals surface area contributed by atoms with Crippen molar-refractivity contribution in [1.29, 1.82) is 0 Å². The molecule has 1 aliphatic heterocycles. The molecular weight excluding hydrogens is 262 g/mol. The Morgan fingerprint density at radius 2 is 1.95 bits per heavy atom. The second-order valence-corrected chi connectivity index (χ2v) is 6.82. The summed E-state index contributed by atoms with van der Waals surface area (Å²) >= 11 is 0. The van der Waals surface area contributed by atoms with E-state index in [4.69, 9.17) is 4.74 Å². The highest BCUT2D eigenvalue weighted by Gasteiger charge is 2.29. The Balaban J connectivity index is 2.38. The standard InChI is InChI=1S/C14H21NO3S/c1-3-10-18-13-7-6-12(2)11-14(13)19(16,17)15-8-4-5-9-15/h6-7,11H,3-5,8-10H2,1-2H3. The van der Waals surface area contributed by atoms with Crippen molar-refractivity contribution in [3.8, 4) is 5.75 Å². The van der Waals surface area contributed by atoms with E-state index in [9.17, 15) is 8.42 Å². The summed E-state index contributed by atoms with van der Waals surface area (Å²) in [6.07, 6.45) is 2.74. The average Bonchev–Trinajstić information content (AvgIpc) is 2.91. The maximum absolute atomic E-state index is 12.6. The van der Waals surface area contributed by atoms with Gasteiger partial charge in [-0.15, -0.1) is 0 Å². The van der Waals surface area contributed by atoms with E-state index >= 15 is 0 Å². The van der Waals surface area contributed by atoms with Crippen LogP contribution < -0.4 is 4.74 Å². The molecule has 4 nitrogen and oxygen atoms in total. The molecule has 0 aromatic heterocycles. The molecule has 1 heterocycles. The molecule has 0 unspecified atom stereocenters. The molecule has 0 N–H and O–H groups in total. The lowest BCUT2D eigenvalue weighted by molar-refractivity contribution is 0.308. The normalized spacial score (nSPS) is 16.7. The highest BCUT2D eigenvalue weighted by atomic mass is 32.2. The zero-order valence-electron chi connectivity index (χ0n) is 11.6. The minimum absolute atomic E-state index is 0.308. The van der Waals surface area contributed by atoms with E-state index in [0.29, 0.717) is 30.3 Å². The lowest BCUT2D eigenvalue weighted by Crippen LogP contribution is -2.28. The highest BCUT2D eigenvalue weighted by Crippen LogP contribution is 2.29. The molecule has 1 aliphatic rings. The van der Waals surface area contributed by atoms with Gasteiger partial charge in [0, 0.05) is 13.1 Å². The molecular formula is C14H21NO3S. The third kappa shape index (κ3) is 3.09. The fraction of sp³-hybridized carbons (Fsp3) is 0.571. The first-order valence-corrected chi connectivity index (χ1v) is 8.23. The lowest BCUT2D eigenvalue weighted by atomic mass is 10.2. The predicted molar refractivity (Wildman–Crippen MR) is 75.0 cm³/mol. The first kappa shape index (κ1) is 14.3. The number of benzene rings is 1. The molecule has 0 saturated carbocycles. The molecule has 0 amide bonds. The first-order valence-electron chi connectivity index (χ1n) is 6.79. The highest BCUT2D eigenvalue weighted by molar-refractivity contribution is 7.89. The Kier molecular flexibility index (Phi) is 4.47. The summed E-state index contributed by atoms with van der Waals surface area (Å²) in [5.41, 5.74) is 0.932. The van der Waals surface area contributed by atoms with Gasteiger partial charge in [-0.25, -0.2) is 8.42 Å². The molecule has 1 fully saturated rings. The Morgan fingerprint density at radius 3 is 2.58 bits per heavy atom. The van der Waals surface area contributed by atoms with Crippen LogP contribution in [0.25, 0.3) is 0 Å². The van der Waals surface area contributed by atoms with Gasteiger partial charge in [0.2, 0.25) is 10.0 Å². The SMILES string of the molecule is CCCOc1ccc(C)cc1S(=O)(=O)N1CCCC1. The minimum Gasteiger partial charge on any atom is -0.492 e. The van der Waals surface area contributed by atoms with Gasteiger partial charge in [0.25, 0.3) is 0 Å². The first-order chi connectivity index (χ1) is 9.05. The average molecular weight is 283 g/mol. The Bertz CT molecular complexity index is 534. The fourth-order valence-electron chi connectivity index (χ4n) is 2.22. The smallest absolute Gasteiger partial charge is 0.246 e. The Hall–Kier alpha value is -1.07. The zero-order valence-corrected chi connectivity index (χ0v) is 12.4. The maximum atomic E-state index is 12.6. The molecule has 19 heavy (non-hydrogen) atoms. The monoisotopic (exact) mass is 283 g/mol. The van der Waals surface area contributed by atoms with Gasteiger partial charge in [0.15, 0.2) is 0 Å². The van der Waals surface area contributed by atoms with Crippen molar-refractivity contribution in [2.75, 3.05) is 19.7 Å². The Morgan fingerprint density at radius 1 is 1.26 bits per heavy atom. The zero-order chi connectivity index (χ0) is 13.9. The predicted octanol–water partition coefficient (Wildman–Crippen LogP) is 2.57. The molecule has 0 radical (unpaired) electrons. The van der Waals surface area contributed by atoms with Crippen LogP contribution >= 0.6 is 0 Å². The number of sulfonamides is 1. The van der Waals surface area contributed by atoms with Crippen LogP contribution in [0.3, 0.4) is 0 Å². The summed E-state index contributed by atoms with van der Waals surface area (Å²) in [5, 5.41) is 0. The molecule has 2 rings (SSSR count). The van der Waals surface area contributed by atoms with E-state index < -0.39 is 10.0 Å². The number of hydrogen-bond acceptors (Lipinski definition) is 3. The van der Waals surface area contributed by atoms with Gasteiger partial charge >= 0.3 is 0 Å². The molecule has 1 aromatic carbocycles. The molecule has 1 saturated heterocycles. The van der Waals surface area contributed by atoms with Crippen LogP contribution in [-0.4, -0.2) is 32.4 Å². The molecule has 1 aromatic rings. The second kappa shape index (κ2) is 5.92. The molecule has 0 aliphatic carbocycles. The van der Waals surface area contributed by atoms with Crippen LogP contribution in [0.2, 0.25) is 0 Å². The summed E-state index contributed by atoms with van der Waals surface area (Å²) in [4.78, 5) is 0.308. The van der Waals surface area contributed by atoms with Gasteiger partial charge in [-0.1, -0.05) is 13.0 Å². The maximum Gasteiger partial charge on any atom is 0.246 e. The van der Waals surface area contributed by atoms with Crippen molar-refractivity contribution >= 4 is 10.0 Å². The van der Waals surface area contributed by atoms with Crippen LogP contribution in [0.4, 0.5) is 0 Å². The van der Waals surface area contributed by atoms with Gasteiger partial charge in [-0.05, 0) is 43.9 Å². The van der Waals surface area contributed by atoms with Crippen molar-refractivity contribution in [1.82, 2.24) is 4.31 Å². The number of nitrogens with zero attached hydrogens (tertiary/aromatic N) is 1. The molecule has 0 atom stereocenters. The molecule has 106 valence electrons. The molecule has 0 spiro atoms. The van der Waals surface area contributed by atoms with Crippen molar-refractivity contribution < 1.29 is 13.2 Å². The summed E-state index contributed by atoms with van der Waals surface area (Å²) in [6, 6.07) is 5.35. The van der Waals surface area contributed by atoms with Gasteiger partial charge in [-0.3, -0.25) is 0 Å². The van der Waals surface area contributed by atoms with E-state index in [0.717, 1.165) is 24.8 Å². The van der Waals surface area contributed by atoms with Crippen LogP contribution in [0.5, 0.6) is 5.75 Å². The third-order valence-corrected chi connectivity index (χ3v) is 5.16. The fourth-order valence-corrected chi connectivity index (χ4v) is 3.95. The summed E-state index contributed by atoms with van der Waals surface area (Å²) in [7, 11) is -3.41. The van der Waals surface area contributed by atoms with Crippen LogP contribution in [0.1, 0.15) is 31.7 Å². The van der Waals surface area contributed by atoms with E-state index in [-0.39, 0.29) is 0 Å². The number of ether oxygens (including phenoxy) is 1. The van der Waals surface area contributed by atoms with Gasteiger partial charge in [-0.2, -0.15) is 4.31 Å². The topological polar surface area (TPSA) is 46.6 Å². The van der Waals surface area contributed by atoms with Crippen LogP contribution in [0.15, 0.2) is 23.1 Å². The van der Waals surface area contributed by atoms with Gasteiger partial charge in [0.05, 0.1) is 6.61 Å². The van der Waals surface area contributed by atoms with Crippen molar-refractivity contribution in [2.24, 2.45) is 0 Å². The summed E-state index contributed by atoms with van der Waals surface area (Å²) in [5.74, 6) is 0.472. The van der Waals surface area contributed by atoms with E-state index in [1.54, 1.807) is 16.4 Å². The quantitative estimate of drug-likeness (QED) is 0.834. The van der Waals surface area contributed by atoms with E-state index in [2.05, 4.69) is 0 Å². The largest absolute Gasteiger partial charge is 0.492 e. The number of aryl methyl sites for hydroxylation is 1. The van der Waals surface area contributed by atoms with Crippen molar-refractivity contribution in [3.63, 3.8) is 0 Å². The van der Waals surface area contributed by atoms with Gasteiger partial charge < -0.3 is 4.74 Å². The van der Waals surface area contributed by atoms with Crippen LogP contribution in [-0.2, 0) is 10.0 Å². The summed E-state index contributed by atoms with van der Waals surface area (Å²) < 4.78 is 32.4. The number of rotatable bonds is 5. The second-order valence-electron chi connectivity index (χ2n) is 4.91. The van der Waals surface area contributed by atoms with Crippen LogP contribution in [0, 0.1) is 6.92 Å². The minimum atomic E-state index is -3.41. The van der Waals surface area contributed by atoms with E-state index in [1.165, 1.54) is 0 Å². The molecule has 5 heteroatoms. The summed E-state index contributed by atoms with van der Waals surface area (Å²) in [6.45, 7) is 5.66. The number of hydrogen-bond donors (Lipinski definition) is 0. The third-order valence-electron chi connectivity index (χ3n) is 3.24. The van der Waals surface area contributed by atoms with E-state index in [1.807, 2.05) is 19.9 Å². The van der Waals surface area contributed by atoms with Crippen molar-refractivity contribution in [2.45, 2.75) is 38.0 Å². The van der Waals surface area contributed by atoms with Gasteiger partial charge in [0.1, 0.15) is 10.6 Å². The molecule has 0 bridgehead atoms. The Labute approximate surface area is 115 Å². The van der Waals surface area contributed by atoms with Crippen molar-refractivity contribution in [3.05, 3.63) is 23.8 Å².